The molecule has 0 aromatic carbocycles. The van der Waals surface area contributed by atoms with Crippen LogP contribution in [0.4, 0.5) is 0 Å². The van der Waals surface area contributed by atoms with Crippen LogP contribution in [-0.4, -0.2) is 51.2 Å². The van der Waals surface area contributed by atoms with Crippen molar-refractivity contribution >= 4 is 220 Å². The predicted octanol–water partition coefficient (Wildman–Crippen LogP) is 11.5. The largest absolute Gasteiger partial charge is 0.373 e. The van der Waals surface area contributed by atoms with E-state index in [-0.39, 0.29) is 6.42 Å². The predicted molar refractivity (Wildman–Crippen MR) is 150 cm³/mol. The number of alkyl halides is 19. The summed E-state index contributed by atoms with van der Waals surface area (Å²) in [6.07, 6.45) is -0.604. The molecule has 1 saturated heterocycles. The van der Waals surface area contributed by atoms with E-state index in [1.165, 1.54) is 0 Å². The molecule has 0 saturated carbocycles. The Balaban J connectivity index is 3.71. The van der Waals surface area contributed by atoms with Crippen molar-refractivity contribution < 1.29 is 4.74 Å². The van der Waals surface area contributed by atoms with Crippen molar-refractivity contribution in [1.29, 1.82) is 0 Å². The molecule has 0 aromatic rings. The number of epoxide rings is 1. The van der Waals surface area contributed by atoms with E-state index in [0.717, 1.165) is 0 Å². The highest BCUT2D eigenvalue weighted by molar-refractivity contribution is 6.83. The Bertz CT molecular complexity index is 682. The van der Waals surface area contributed by atoms with E-state index in [9.17, 15) is 0 Å². The first-order valence-corrected chi connectivity index (χ1v) is 14.5. The summed E-state index contributed by atoms with van der Waals surface area (Å²) in [7, 11) is 0. The topological polar surface area (TPSA) is 12.5 Å². The Morgan fingerprint density at radius 2 is 0.750 bits per heavy atom. The van der Waals surface area contributed by atoms with Gasteiger partial charge in [-0.05, 0) is 0 Å². The zero-order valence-electron chi connectivity index (χ0n) is 14.1. The van der Waals surface area contributed by atoms with Crippen molar-refractivity contribution in [2.75, 3.05) is 6.61 Å². The van der Waals surface area contributed by atoms with Crippen molar-refractivity contribution in [3.8, 4) is 0 Å². The summed E-state index contributed by atoms with van der Waals surface area (Å²) in [4.78, 5) is -2.99. The summed E-state index contributed by atoms with van der Waals surface area (Å²) in [5, 5.41) is 0. The molecular formula is C12H5Cl19O. The molecule has 1 rings (SSSR count). The minimum atomic E-state index is -3.11. The van der Waals surface area contributed by atoms with Gasteiger partial charge < -0.3 is 4.74 Å². The van der Waals surface area contributed by atoms with Gasteiger partial charge in [-0.2, -0.15) is 0 Å². The lowest BCUT2D eigenvalue weighted by atomic mass is 9.96. The van der Waals surface area contributed by atoms with Crippen LogP contribution < -0.4 is 0 Å². The maximum absolute atomic E-state index is 6.39. The average Bonchev–Trinajstić information content (AvgIpc) is 3.33. The van der Waals surface area contributed by atoms with Gasteiger partial charge in [0.1, 0.15) is 0 Å². The quantitative estimate of drug-likeness (QED) is 0.175. The van der Waals surface area contributed by atoms with E-state index >= 15 is 0 Å². The third kappa shape index (κ3) is 5.77. The second-order valence-electron chi connectivity index (χ2n) is 6.39. The number of halogens is 19. The Morgan fingerprint density at radius 3 is 1.03 bits per heavy atom. The van der Waals surface area contributed by atoms with Gasteiger partial charge in [0.2, 0.25) is 7.59 Å². The van der Waals surface area contributed by atoms with E-state index < -0.39 is 44.6 Å². The van der Waals surface area contributed by atoms with Gasteiger partial charge in [0.15, 0.2) is 30.9 Å². The first kappa shape index (κ1) is 35.5. The molecule has 0 aliphatic carbocycles. The fourth-order valence-corrected chi connectivity index (χ4v) is 9.54. The SMILES string of the molecule is ClC(Cl)(Cl)C(Cl)(C(Cl)(Cl)Cl)C(Cl)(Cl)C(Cl)(Cl)C(Cl)(Cl)C(Cl)(Cl)C(Cl)(Cl)C(Cl)(Cl)CC1CO1. The van der Waals surface area contributed by atoms with Crippen molar-refractivity contribution in [3.05, 3.63) is 0 Å². The van der Waals surface area contributed by atoms with Crippen LogP contribution in [0.3, 0.4) is 0 Å². The highest BCUT2D eigenvalue weighted by Gasteiger charge is 2.84. The lowest BCUT2D eigenvalue weighted by Crippen LogP contribution is -2.73. The third-order valence-electron chi connectivity index (χ3n) is 4.14. The van der Waals surface area contributed by atoms with Gasteiger partial charge in [0, 0.05) is 6.42 Å². The fourth-order valence-electron chi connectivity index (χ4n) is 2.15. The van der Waals surface area contributed by atoms with Crippen LogP contribution in [0.2, 0.25) is 0 Å². The molecule has 192 valence electrons. The molecule has 1 aliphatic rings. The zero-order chi connectivity index (χ0) is 26.2. The number of hydrogen-bond donors (Lipinski definition) is 0. The van der Waals surface area contributed by atoms with Gasteiger partial charge in [-0.3, -0.25) is 0 Å². The first-order chi connectivity index (χ1) is 13.6. The molecule has 20 heteroatoms. The Kier molecular flexibility index (Phi) is 11.9. The summed E-state index contributed by atoms with van der Waals surface area (Å²) in [6, 6.07) is 0. The van der Waals surface area contributed by atoms with Crippen LogP contribution in [0.15, 0.2) is 0 Å². The maximum atomic E-state index is 6.39. The summed E-state index contributed by atoms with van der Waals surface area (Å²) in [6.45, 7) is 0.304. The molecule has 1 heterocycles. The second kappa shape index (κ2) is 10.7. The number of ether oxygens (including phenoxy) is 1. The fraction of sp³-hybridized carbons (Fsp3) is 1.00. The van der Waals surface area contributed by atoms with Crippen molar-refractivity contribution in [2.45, 2.75) is 51.0 Å². The summed E-state index contributed by atoms with van der Waals surface area (Å²) >= 11 is 118. The molecule has 1 aliphatic heterocycles. The summed E-state index contributed by atoms with van der Waals surface area (Å²) in [5.41, 5.74) is 0. The van der Waals surface area contributed by atoms with Crippen LogP contribution >= 0.6 is 220 Å². The zero-order valence-corrected chi connectivity index (χ0v) is 28.4. The summed E-state index contributed by atoms with van der Waals surface area (Å²) in [5.74, 6) is 0. The normalized spacial score (nSPS) is 20.5. The van der Waals surface area contributed by atoms with E-state index in [1.807, 2.05) is 0 Å². The molecule has 0 spiro atoms. The van der Waals surface area contributed by atoms with E-state index in [1.54, 1.807) is 0 Å². The maximum Gasteiger partial charge on any atom is 0.216 e. The molecule has 0 amide bonds. The van der Waals surface area contributed by atoms with E-state index in [2.05, 4.69) is 0 Å². The minimum absolute atomic E-state index is 0.180. The van der Waals surface area contributed by atoms with Crippen molar-refractivity contribution in [1.82, 2.24) is 0 Å². The van der Waals surface area contributed by atoms with Gasteiger partial charge in [0.05, 0.1) is 12.7 Å². The van der Waals surface area contributed by atoms with Gasteiger partial charge in [-0.1, -0.05) is 209 Å². The molecule has 1 unspecified atom stereocenters. The molecule has 1 fully saturated rings. The molecule has 1 atom stereocenters. The van der Waals surface area contributed by atoms with Crippen LogP contribution in [0, 0.1) is 0 Å². The molecular weight excluding hydrogens is 834 g/mol. The smallest absolute Gasteiger partial charge is 0.216 e. The summed E-state index contributed by atoms with van der Waals surface area (Å²) < 4.78 is -17.6. The Hall–Kier alpha value is 5.47. The first-order valence-electron chi connectivity index (χ1n) is 7.29. The Labute approximate surface area is 279 Å². The Morgan fingerprint density at radius 1 is 0.469 bits per heavy atom. The molecule has 0 bridgehead atoms. The molecule has 32 heavy (non-hydrogen) atoms. The molecule has 0 N–H and O–H groups in total. The molecule has 1 nitrogen and oxygen atoms in total. The lowest BCUT2D eigenvalue weighted by molar-refractivity contribution is 0.365. The van der Waals surface area contributed by atoms with Gasteiger partial charge in [-0.15, -0.1) is 11.6 Å². The van der Waals surface area contributed by atoms with Gasteiger partial charge in [0.25, 0.3) is 0 Å². The number of rotatable bonds is 8. The van der Waals surface area contributed by atoms with Gasteiger partial charge in [-0.25, -0.2) is 0 Å². The lowest BCUT2D eigenvalue weighted by Gasteiger charge is -2.56. The minimum Gasteiger partial charge on any atom is -0.373 e. The van der Waals surface area contributed by atoms with Crippen LogP contribution in [0.1, 0.15) is 6.42 Å². The second-order valence-corrected chi connectivity index (χ2v) is 19.6. The highest BCUT2D eigenvalue weighted by atomic mass is 35.6. The van der Waals surface area contributed by atoms with Crippen LogP contribution in [-0.2, 0) is 4.74 Å². The van der Waals surface area contributed by atoms with Crippen LogP contribution in [0.5, 0.6) is 0 Å². The van der Waals surface area contributed by atoms with Crippen molar-refractivity contribution in [2.24, 2.45) is 0 Å². The standard InChI is InChI=1S/C12H5Cl19O/c13-4(14,1-3-2-32-3)6(16,17)8(20,21)10(24,25)9(22,23)7(18,19)5(15,11(26,27)28)12(29,30)31/h3H,1-2H2. The van der Waals surface area contributed by atoms with Crippen LogP contribution in [0.25, 0.3) is 0 Å². The van der Waals surface area contributed by atoms with Gasteiger partial charge >= 0.3 is 0 Å². The van der Waals surface area contributed by atoms with E-state index in [0.29, 0.717) is 6.61 Å². The molecule has 0 aromatic heterocycles. The highest BCUT2D eigenvalue weighted by Crippen LogP contribution is 2.74. The number of hydrogen-bond acceptors (Lipinski definition) is 1. The third-order valence-corrected chi connectivity index (χ3v) is 16.0. The van der Waals surface area contributed by atoms with Crippen molar-refractivity contribution in [3.63, 3.8) is 0 Å². The monoisotopic (exact) mass is 829 g/mol. The average molecular weight is 839 g/mol. The molecule has 0 radical (unpaired) electrons. The van der Waals surface area contributed by atoms with E-state index in [4.69, 9.17) is 225 Å².